The van der Waals surface area contributed by atoms with Gasteiger partial charge in [0.2, 0.25) is 0 Å². The summed E-state index contributed by atoms with van der Waals surface area (Å²) in [4.78, 5) is 28.2. The van der Waals surface area contributed by atoms with E-state index in [0.29, 0.717) is 18.4 Å². The summed E-state index contributed by atoms with van der Waals surface area (Å²) in [6.45, 7) is 1.86. The number of hydrazone groups is 1. The molecule has 1 aromatic heterocycles. The lowest BCUT2D eigenvalue weighted by atomic mass is 9.97. The first-order valence-corrected chi connectivity index (χ1v) is 7.37. The monoisotopic (exact) mass is 295 g/mol. The van der Waals surface area contributed by atoms with Gasteiger partial charge < -0.3 is 0 Å². The minimum Gasteiger partial charge on any atom is -0.299 e. The lowest BCUT2D eigenvalue weighted by Crippen LogP contribution is -2.23. The molecule has 0 saturated heterocycles. The molecule has 5 heteroatoms. The number of carbonyl (C=O) groups is 2. The van der Waals surface area contributed by atoms with Crippen molar-refractivity contribution in [1.29, 1.82) is 0 Å². The fourth-order valence-corrected chi connectivity index (χ4v) is 2.68. The molecule has 1 amide bonds. The van der Waals surface area contributed by atoms with E-state index in [4.69, 9.17) is 0 Å². The third-order valence-corrected chi connectivity index (χ3v) is 3.73. The molecule has 0 unspecified atom stereocenters. The van der Waals surface area contributed by atoms with E-state index in [2.05, 4.69) is 15.5 Å². The van der Waals surface area contributed by atoms with Crippen LogP contribution in [0.15, 0.2) is 35.4 Å². The van der Waals surface area contributed by atoms with Crippen LogP contribution in [0.25, 0.3) is 10.9 Å². The third kappa shape index (κ3) is 3.03. The molecular weight excluding hydrogens is 278 g/mol. The molecule has 1 heterocycles. The van der Waals surface area contributed by atoms with Gasteiger partial charge in [-0.1, -0.05) is 18.2 Å². The van der Waals surface area contributed by atoms with Crippen LogP contribution in [-0.4, -0.2) is 22.4 Å². The number of hydrogen-bond acceptors (Lipinski definition) is 4. The summed E-state index contributed by atoms with van der Waals surface area (Å²) in [5.74, 6) is -0.0864. The molecule has 5 nitrogen and oxygen atoms in total. The van der Waals surface area contributed by atoms with Crippen molar-refractivity contribution in [2.45, 2.75) is 32.6 Å². The zero-order valence-electron chi connectivity index (χ0n) is 12.4. The Morgan fingerprint density at radius 3 is 2.91 bits per heavy atom. The molecule has 0 bridgehead atoms. The number of Topliss-reactive ketones (excluding diaryl/α,β-unsaturated/α-hetero) is 1. The molecule has 3 rings (SSSR count). The van der Waals surface area contributed by atoms with Crippen LogP contribution < -0.4 is 5.43 Å². The SMILES string of the molecule is Cc1cc(C(=O)NN=C2CCCC(=O)C2)c2ccccc2n1. The Bertz CT molecular complexity index is 781. The first-order valence-electron chi connectivity index (χ1n) is 7.37. The predicted molar refractivity (Wildman–Crippen MR) is 84.9 cm³/mol. The Labute approximate surface area is 128 Å². The maximum Gasteiger partial charge on any atom is 0.272 e. The van der Waals surface area contributed by atoms with Gasteiger partial charge in [0.1, 0.15) is 5.78 Å². The zero-order chi connectivity index (χ0) is 15.5. The number of rotatable bonds is 2. The average molecular weight is 295 g/mol. The van der Waals surface area contributed by atoms with Crippen molar-refractivity contribution < 1.29 is 9.59 Å². The van der Waals surface area contributed by atoms with Crippen LogP contribution in [0.5, 0.6) is 0 Å². The van der Waals surface area contributed by atoms with E-state index in [1.807, 2.05) is 31.2 Å². The fraction of sp³-hybridized carbons (Fsp3) is 0.294. The largest absolute Gasteiger partial charge is 0.299 e. The molecule has 1 aliphatic carbocycles. The highest BCUT2D eigenvalue weighted by Gasteiger charge is 2.16. The van der Waals surface area contributed by atoms with Gasteiger partial charge in [-0.15, -0.1) is 0 Å². The minimum absolute atomic E-state index is 0.185. The quantitative estimate of drug-likeness (QED) is 0.866. The number of aryl methyl sites for hydroxylation is 1. The summed E-state index contributed by atoms with van der Waals surface area (Å²) in [5.41, 5.74) is 5.44. The number of hydrogen-bond donors (Lipinski definition) is 1. The summed E-state index contributed by atoms with van der Waals surface area (Å²) in [5, 5.41) is 4.92. The molecule has 0 spiro atoms. The molecule has 1 aliphatic rings. The van der Waals surface area contributed by atoms with E-state index < -0.39 is 0 Å². The molecule has 1 fully saturated rings. The second kappa shape index (κ2) is 6.05. The number of nitrogens with zero attached hydrogens (tertiary/aromatic N) is 2. The van der Waals surface area contributed by atoms with E-state index in [9.17, 15) is 9.59 Å². The van der Waals surface area contributed by atoms with Crippen LogP contribution in [0.1, 0.15) is 41.7 Å². The predicted octanol–water partition coefficient (Wildman–Crippen LogP) is 2.77. The Kier molecular flexibility index (Phi) is 3.96. The van der Waals surface area contributed by atoms with Crippen molar-refractivity contribution in [1.82, 2.24) is 10.4 Å². The van der Waals surface area contributed by atoms with Crippen LogP contribution in [0.3, 0.4) is 0 Å². The topological polar surface area (TPSA) is 71.4 Å². The Morgan fingerprint density at radius 2 is 2.09 bits per heavy atom. The van der Waals surface area contributed by atoms with Crippen LogP contribution >= 0.6 is 0 Å². The summed E-state index contributed by atoms with van der Waals surface area (Å²) >= 11 is 0. The van der Waals surface area contributed by atoms with E-state index in [-0.39, 0.29) is 11.7 Å². The van der Waals surface area contributed by atoms with Gasteiger partial charge in [-0.25, -0.2) is 5.43 Å². The highest BCUT2D eigenvalue weighted by Crippen LogP contribution is 2.18. The van der Waals surface area contributed by atoms with Crippen LogP contribution in [-0.2, 0) is 4.79 Å². The Balaban J connectivity index is 1.86. The number of nitrogens with one attached hydrogen (secondary N) is 1. The van der Waals surface area contributed by atoms with Gasteiger partial charge in [-0.3, -0.25) is 14.6 Å². The lowest BCUT2D eigenvalue weighted by molar-refractivity contribution is -0.118. The first kappa shape index (κ1) is 14.4. The molecule has 22 heavy (non-hydrogen) atoms. The highest BCUT2D eigenvalue weighted by molar-refractivity contribution is 6.08. The molecular formula is C17H17N3O2. The number of benzene rings is 1. The Morgan fingerprint density at radius 1 is 1.27 bits per heavy atom. The molecule has 1 saturated carbocycles. The van der Waals surface area contributed by atoms with Crippen LogP contribution in [0.2, 0.25) is 0 Å². The molecule has 1 aromatic carbocycles. The van der Waals surface area contributed by atoms with Gasteiger partial charge in [-0.2, -0.15) is 5.10 Å². The van der Waals surface area contributed by atoms with Crippen molar-refractivity contribution in [2.24, 2.45) is 5.10 Å². The minimum atomic E-state index is -0.271. The molecule has 0 aliphatic heterocycles. The van der Waals surface area contributed by atoms with Crippen molar-refractivity contribution in [3.8, 4) is 0 Å². The van der Waals surface area contributed by atoms with Crippen molar-refractivity contribution in [2.75, 3.05) is 0 Å². The molecule has 2 aromatic rings. The van der Waals surface area contributed by atoms with Gasteiger partial charge in [0.15, 0.2) is 0 Å². The normalized spacial score (nSPS) is 17.0. The van der Waals surface area contributed by atoms with Crippen molar-refractivity contribution >= 4 is 28.3 Å². The molecule has 0 atom stereocenters. The second-order valence-corrected chi connectivity index (χ2v) is 5.52. The van der Waals surface area contributed by atoms with Gasteiger partial charge in [-0.05, 0) is 31.9 Å². The lowest BCUT2D eigenvalue weighted by Gasteiger charge is -2.12. The number of carbonyl (C=O) groups excluding carboxylic acids is 2. The fourth-order valence-electron chi connectivity index (χ4n) is 2.68. The van der Waals surface area contributed by atoms with E-state index in [1.165, 1.54) is 0 Å². The summed E-state index contributed by atoms with van der Waals surface area (Å²) in [7, 11) is 0. The maximum atomic E-state index is 12.4. The summed E-state index contributed by atoms with van der Waals surface area (Å²) < 4.78 is 0. The van der Waals surface area contributed by atoms with Gasteiger partial charge in [0.25, 0.3) is 5.91 Å². The standard InChI is InChI=1S/C17H17N3O2/c1-11-9-15(14-7-2-3-8-16(14)18-11)17(22)20-19-12-5-4-6-13(21)10-12/h2-3,7-9H,4-6,10H2,1H3,(H,20,22). The van der Waals surface area contributed by atoms with Gasteiger partial charge in [0.05, 0.1) is 11.1 Å². The van der Waals surface area contributed by atoms with E-state index in [0.717, 1.165) is 35.2 Å². The summed E-state index contributed by atoms with van der Waals surface area (Å²) in [6.07, 6.45) is 2.53. The average Bonchev–Trinajstić information content (AvgIpc) is 2.52. The van der Waals surface area contributed by atoms with Gasteiger partial charge in [0, 0.05) is 29.6 Å². The first-order chi connectivity index (χ1) is 10.6. The number of para-hydroxylation sites is 1. The van der Waals surface area contributed by atoms with E-state index >= 15 is 0 Å². The third-order valence-electron chi connectivity index (χ3n) is 3.73. The smallest absolute Gasteiger partial charge is 0.272 e. The Hall–Kier alpha value is -2.56. The van der Waals surface area contributed by atoms with Crippen LogP contribution in [0, 0.1) is 6.92 Å². The zero-order valence-corrected chi connectivity index (χ0v) is 12.4. The van der Waals surface area contributed by atoms with Crippen molar-refractivity contribution in [3.63, 3.8) is 0 Å². The summed E-state index contributed by atoms with van der Waals surface area (Å²) in [6, 6.07) is 9.27. The molecule has 1 N–H and O–H groups in total. The van der Waals surface area contributed by atoms with Crippen LogP contribution in [0.4, 0.5) is 0 Å². The second-order valence-electron chi connectivity index (χ2n) is 5.52. The number of aromatic nitrogens is 1. The maximum absolute atomic E-state index is 12.4. The van der Waals surface area contributed by atoms with Crippen molar-refractivity contribution in [3.05, 3.63) is 41.6 Å². The number of ketones is 1. The highest BCUT2D eigenvalue weighted by atomic mass is 16.2. The number of amides is 1. The molecule has 112 valence electrons. The number of pyridine rings is 1. The molecule has 0 radical (unpaired) electrons. The number of fused-ring (bicyclic) bond motifs is 1. The van der Waals surface area contributed by atoms with E-state index in [1.54, 1.807) is 6.07 Å². The van der Waals surface area contributed by atoms with Gasteiger partial charge >= 0.3 is 0 Å².